The molecule has 0 radical (unpaired) electrons. The third-order valence-corrected chi connectivity index (χ3v) is 6.90. The summed E-state index contributed by atoms with van der Waals surface area (Å²) in [4.78, 5) is 24.1. The van der Waals surface area contributed by atoms with Gasteiger partial charge in [-0.1, -0.05) is 6.07 Å². The molecule has 1 aromatic carbocycles. The molecule has 1 fully saturated rings. The molecule has 8 heteroatoms. The summed E-state index contributed by atoms with van der Waals surface area (Å²) in [6.45, 7) is 4.94. The summed E-state index contributed by atoms with van der Waals surface area (Å²) in [6.07, 6.45) is 5.68. The van der Waals surface area contributed by atoms with E-state index < -0.39 is 10.0 Å². The number of piperidine rings is 1. The number of hydrogen-bond acceptors (Lipinski definition) is 5. The molecule has 1 spiro atoms. The second kappa shape index (κ2) is 6.63. The fourth-order valence-corrected chi connectivity index (χ4v) is 5.05. The fraction of sp³-hybridized carbons (Fsp3) is 0.450. The van der Waals surface area contributed by atoms with Crippen LogP contribution in [-0.4, -0.2) is 42.3 Å². The first-order valence-corrected chi connectivity index (χ1v) is 11.0. The Kier molecular flexibility index (Phi) is 4.50. The van der Waals surface area contributed by atoms with Crippen LogP contribution in [0.25, 0.3) is 0 Å². The maximum Gasteiger partial charge on any atom is 0.254 e. The van der Waals surface area contributed by atoms with E-state index in [1.165, 1.54) is 17.7 Å². The van der Waals surface area contributed by atoms with Gasteiger partial charge in [0.25, 0.3) is 5.91 Å². The number of primary sulfonamides is 1. The highest BCUT2D eigenvalue weighted by Crippen LogP contribution is 2.44. The summed E-state index contributed by atoms with van der Waals surface area (Å²) in [6, 6.07) is 4.46. The lowest BCUT2D eigenvalue weighted by Gasteiger charge is -2.40. The average Bonchev–Trinajstić information content (AvgIpc) is 2.98. The molecule has 4 rings (SSSR count). The smallest absolute Gasteiger partial charge is 0.254 e. The van der Waals surface area contributed by atoms with Gasteiger partial charge in [-0.3, -0.25) is 4.79 Å². The molecule has 0 bridgehead atoms. The molecule has 0 saturated carbocycles. The van der Waals surface area contributed by atoms with Crippen LogP contribution in [0.15, 0.2) is 29.3 Å². The van der Waals surface area contributed by atoms with Gasteiger partial charge < -0.3 is 4.90 Å². The van der Waals surface area contributed by atoms with Crippen LogP contribution in [0.1, 0.15) is 52.3 Å². The highest BCUT2D eigenvalue weighted by molar-refractivity contribution is 7.89. The molecule has 2 aromatic rings. The number of amides is 1. The summed E-state index contributed by atoms with van der Waals surface area (Å²) >= 11 is 0. The van der Waals surface area contributed by atoms with Gasteiger partial charge in [0.05, 0.1) is 10.6 Å². The van der Waals surface area contributed by atoms with Crippen LogP contribution in [0.2, 0.25) is 0 Å². The molecule has 2 heterocycles. The van der Waals surface area contributed by atoms with Gasteiger partial charge in [0.1, 0.15) is 5.82 Å². The van der Waals surface area contributed by atoms with Gasteiger partial charge >= 0.3 is 0 Å². The van der Waals surface area contributed by atoms with Crippen LogP contribution in [0.3, 0.4) is 0 Å². The van der Waals surface area contributed by atoms with Crippen molar-refractivity contribution < 1.29 is 13.2 Å². The van der Waals surface area contributed by atoms with Crippen LogP contribution < -0.4 is 5.14 Å². The molecule has 2 N–H and O–H groups in total. The third-order valence-electron chi connectivity index (χ3n) is 5.99. The molecule has 1 atom stereocenters. The molecular weight excluding hydrogens is 376 g/mol. The highest BCUT2D eigenvalue weighted by atomic mass is 32.2. The Balaban J connectivity index is 1.67. The van der Waals surface area contributed by atoms with Crippen molar-refractivity contribution in [1.82, 2.24) is 14.9 Å². The standard InChI is InChI=1S/C20H24N4O3S/c1-13-4-5-16(28(21,26)27)10-17(13)19(25)24-9-3-7-20(12-24)8-6-15-11-22-14(2)23-18(15)20/h4-5,10-11H,3,6-9,12H2,1-2H3,(H2,21,26,27). The van der Waals surface area contributed by atoms with Gasteiger partial charge in [0.2, 0.25) is 10.0 Å². The Morgan fingerprint density at radius 3 is 2.79 bits per heavy atom. The fourth-order valence-electron chi connectivity index (χ4n) is 4.51. The SMILES string of the molecule is Cc1ncc2c(n1)C1(CCCN(C(=O)c3cc(S(N)(=O)=O)ccc3C)C1)CC2. The first kappa shape index (κ1) is 19.0. The number of fused-ring (bicyclic) bond motifs is 2. The number of carbonyl (C=O) groups is 1. The second-order valence-corrected chi connectivity index (χ2v) is 9.48. The van der Waals surface area contributed by atoms with E-state index in [0.717, 1.165) is 42.8 Å². The molecule has 1 amide bonds. The zero-order chi connectivity index (χ0) is 20.1. The van der Waals surface area contributed by atoms with Crippen LogP contribution >= 0.6 is 0 Å². The van der Waals surface area contributed by atoms with Crippen molar-refractivity contribution in [1.29, 1.82) is 0 Å². The first-order chi connectivity index (χ1) is 13.2. The van der Waals surface area contributed by atoms with E-state index in [4.69, 9.17) is 10.1 Å². The van der Waals surface area contributed by atoms with E-state index in [2.05, 4.69) is 4.98 Å². The predicted molar refractivity (Wildman–Crippen MR) is 104 cm³/mol. The number of nitrogens with two attached hydrogens (primary N) is 1. The Morgan fingerprint density at radius 2 is 2.04 bits per heavy atom. The largest absolute Gasteiger partial charge is 0.338 e. The summed E-state index contributed by atoms with van der Waals surface area (Å²) in [7, 11) is -3.86. The normalized spacial score (nSPS) is 21.8. The molecule has 1 aliphatic heterocycles. The number of nitrogens with zero attached hydrogens (tertiary/aromatic N) is 3. The van der Waals surface area contributed by atoms with Crippen LogP contribution in [0.5, 0.6) is 0 Å². The molecule has 2 aliphatic rings. The number of carbonyl (C=O) groups excluding carboxylic acids is 1. The maximum atomic E-state index is 13.3. The van der Waals surface area contributed by atoms with E-state index in [0.29, 0.717) is 18.7 Å². The van der Waals surface area contributed by atoms with Crippen molar-refractivity contribution >= 4 is 15.9 Å². The van der Waals surface area contributed by atoms with Crippen molar-refractivity contribution in [3.63, 3.8) is 0 Å². The molecule has 1 aromatic heterocycles. The second-order valence-electron chi connectivity index (χ2n) is 7.92. The minimum absolute atomic E-state index is 0.0391. The van der Waals surface area contributed by atoms with E-state index in [-0.39, 0.29) is 16.2 Å². The lowest BCUT2D eigenvalue weighted by atomic mass is 9.77. The monoisotopic (exact) mass is 400 g/mol. The molecule has 148 valence electrons. The maximum absolute atomic E-state index is 13.3. The van der Waals surface area contributed by atoms with Crippen LogP contribution in [0.4, 0.5) is 0 Å². The van der Waals surface area contributed by atoms with Crippen molar-refractivity contribution in [2.75, 3.05) is 13.1 Å². The van der Waals surface area contributed by atoms with Crippen LogP contribution in [0, 0.1) is 13.8 Å². The number of rotatable bonds is 2. The summed E-state index contributed by atoms with van der Waals surface area (Å²) in [5.74, 6) is 0.599. The summed E-state index contributed by atoms with van der Waals surface area (Å²) in [5.41, 5.74) is 3.24. The Labute approximate surface area is 165 Å². The van der Waals surface area contributed by atoms with Crippen LogP contribution in [-0.2, 0) is 21.9 Å². The zero-order valence-electron chi connectivity index (χ0n) is 16.1. The predicted octanol–water partition coefficient (Wildman–Crippen LogP) is 1.86. The van der Waals surface area contributed by atoms with Gasteiger partial charge in [0, 0.05) is 30.3 Å². The van der Waals surface area contributed by atoms with Gasteiger partial charge in [0.15, 0.2) is 0 Å². The molecule has 1 aliphatic carbocycles. The number of sulfonamides is 1. The average molecular weight is 401 g/mol. The third kappa shape index (κ3) is 3.20. The van der Waals surface area contributed by atoms with Gasteiger partial charge in [-0.25, -0.2) is 23.5 Å². The topological polar surface area (TPSA) is 106 Å². The van der Waals surface area contributed by atoms with Crippen molar-refractivity contribution in [3.05, 3.63) is 52.6 Å². The Bertz CT molecular complexity index is 1060. The number of benzene rings is 1. The zero-order valence-corrected chi connectivity index (χ0v) is 16.9. The van der Waals surface area contributed by atoms with Gasteiger partial charge in [-0.2, -0.15) is 0 Å². The van der Waals surface area contributed by atoms with Gasteiger partial charge in [-0.05, 0) is 62.8 Å². The van der Waals surface area contributed by atoms with E-state index >= 15 is 0 Å². The van der Waals surface area contributed by atoms with Gasteiger partial charge in [-0.15, -0.1) is 0 Å². The molecule has 1 unspecified atom stereocenters. The molecular formula is C20H24N4O3S. The first-order valence-electron chi connectivity index (χ1n) is 9.45. The Hall–Kier alpha value is -2.32. The Morgan fingerprint density at radius 1 is 1.25 bits per heavy atom. The number of hydrogen-bond donors (Lipinski definition) is 1. The van der Waals surface area contributed by atoms with Crippen molar-refractivity contribution in [2.45, 2.75) is 49.8 Å². The number of aromatic nitrogens is 2. The lowest BCUT2D eigenvalue weighted by Crippen LogP contribution is -2.48. The van der Waals surface area contributed by atoms with E-state index in [1.54, 1.807) is 13.0 Å². The number of aryl methyl sites for hydroxylation is 3. The minimum Gasteiger partial charge on any atom is -0.338 e. The van der Waals surface area contributed by atoms with E-state index in [1.807, 2.05) is 18.0 Å². The number of likely N-dealkylation sites (tertiary alicyclic amines) is 1. The van der Waals surface area contributed by atoms with Crippen molar-refractivity contribution in [2.24, 2.45) is 5.14 Å². The molecule has 7 nitrogen and oxygen atoms in total. The minimum atomic E-state index is -3.86. The molecule has 28 heavy (non-hydrogen) atoms. The van der Waals surface area contributed by atoms with E-state index in [9.17, 15) is 13.2 Å². The lowest BCUT2D eigenvalue weighted by molar-refractivity contribution is 0.0632. The quantitative estimate of drug-likeness (QED) is 0.828. The molecule has 1 saturated heterocycles. The summed E-state index contributed by atoms with van der Waals surface area (Å²) in [5, 5.41) is 5.25. The van der Waals surface area contributed by atoms with Crippen molar-refractivity contribution in [3.8, 4) is 0 Å². The summed E-state index contributed by atoms with van der Waals surface area (Å²) < 4.78 is 23.4. The highest BCUT2D eigenvalue weighted by Gasteiger charge is 2.44.